The number of hydrogen-bond acceptors (Lipinski definition) is 5. The van der Waals surface area contributed by atoms with Gasteiger partial charge in [-0.3, -0.25) is 9.69 Å². The quantitative estimate of drug-likeness (QED) is 0.556. The zero-order valence-corrected chi connectivity index (χ0v) is 14.9. The van der Waals surface area contributed by atoms with Crippen LogP contribution in [0.2, 0.25) is 0 Å². The number of alkyl halides is 3. The first-order valence-corrected chi connectivity index (χ1v) is 8.57. The van der Waals surface area contributed by atoms with Crippen LogP contribution in [0.25, 0.3) is 0 Å². The van der Waals surface area contributed by atoms with E-state index < -0.39 is 30.1 Å². The summed E-state index contributed by atoms with van der Waals surface area (Å²) in [7, 11) is 1.17. The van der Waals surface area contributed by atoms with Crippen LogP contribution < -0.4 is 0 Å². The minimum absolute atomic E-state index is 0.0570. The Labute approximate surface area is 155 Å². The Morgan fingerprint density at radius 1 is 1.26 bits per heavy atom. The maximum atomic E-state index is 13.3. The van der Waals surface area contributed by atoms with Gasteiger partial charge in [-0.05, 0) is 24.9 Å². The molecule has 0 bridgehead atoms. The van der Waals surface area contributed by atoms with E-state index in [9.17, 15) is 22.8 Å². The van der Waals surface area contributed by atoms with Gasteiger partial charge in [0.15, 0.2) is 0 Å². The van der Waals surface area contributed by atoms with Crippen LogP contribution in [-0.4, -0.2) is 49.3 Å². The number of likely N-dealkylation sites (tertiary alicyclic amines) is 1. The van der Waals surface area contributed by atoms with E-state index in [4.69, 9.17) is 4.74 Å². The standard InChI is InChI=1S/C19H22F3NO4/c1-26-18(25)15-9-11-23(16(12-15)19(20,21)22)10-5-8-17(24)27-13-14-6-3-2-4-7-14/h2-8,15-16H,9-13H2,1H3/b8-5+/t15-,16+/m1/s1. The molecule has 2 rings (SSSR count). The van der Waals surface area contributed by atoms with Crippen molar-refractivity contribution in [2.75, 3.05) is 20.2 Å². The summed E-state index contributed by atoms with van der Waals surface area (Å²) in [5.74, 6) is -2.01. The van der Waals surface area contributed by atoms with Crippen molar-refractivity contribution >= 4 is 11.9 Å². The molecule has 0 spiro atoms. The van der Waals surface area contributed by atoms with Crippen molar-refractivity contribution in [2.24, 2.45) is 5.92 Å². The Hall–Kier alpha value is -2.35. The average molecular weight is 385 g/mol. The van der Waals surface area contributed by atoms with Crippen LogP contribution in [-0.2, 0) is 25.7 Å². The number of nitrogens with zero attached hydrogens (tertiary/aromatic N) is 1. The number of carbonyl (C=O) groups is 2. The fourth-order valence-electron chi connectivity index (χ4n) is 3.01. The Balaban J connectivity index is 1.87. The second-order valence-corrected chi connectivity index (χ2v) is 6.29. The lowest BCUT2D eigenvalue weighted by atomic mass is 9.90. The van der Waals surface area contributed by atoms with E-state index in [2.05, 4.69) is 4.74 Å². The van der Waals surface area contributed by atoms with Crippen LogP contribution >= 0.6 is 0 Å². The number of benzene rings is 1. The number of hydrogen-bond donors (Lipinski definition) is 0. The SMILES string of the molecule is COC(=O)[C@@H]1CCN(C/C=C/C(=O)OCc2ccccc2)[C@H](C(F)(F)F)C1. The van der Waals surface area contributed by atoms with Crippen molar-refractivity contribution in [1.29, 1.82) is 0 Å². The monoisotopic (exact) mass is 385 g/mol. The highest BCUT2D eigenvalue weighted by Gasteiger charge is 2.47. The highest BCUT2D eigenvalue weighted by Crippen LogP contribution is 2.34. The van der Waals surface area contributed by atoms with Gasteiger partial charge in [-0.15, -0.1) is 0 Å². The lowest BCUT2D eigenvalue weighted by molar-refractivity contribution is -0.196. The predicted molar refractivity (Wildman–Crippen MR) is 91.5 cm³/mol. The second kappa shape index (κ2) is 9.55. The van der Waals surface area contributed by atoms with Crippen LogP contribution in [0, 0.1) is 5.92 Å². The van der Waals surface area contributed by atoms with Crippen molar-refractivity contribution in [3.05, 3.63) is 48.0 Å². The van der Waals surface area contributed by atoms with Crippen LogP contribution in [0.15, 0.2) is 42.5 Å². The molecule has 5 nitrogen and oxygen atoms in total. The van der Waals surface area contributed by atoms with Crippen LogP contribution in [0.4, 0.5) is 13.2 Å². The molecule has 0 N–H and O–H groups in total. The van der Waals surface area contributed by atoms with Crippen molar-refractivity contribution in [3.8, 4) is 0 Å². The zero-order chi connectivity index (χ0) is 19.9. The summed E-state index contributed by atoms with van der Waals surface area (Å²) in [4.78, 5) is 24.5. The lowest BCUT2D eigenvalue weighted by Crippen LogP contribution is -2.51. The van der Waals surface area contributed by atoms with Gasteiger partial charge in [0.05, 0.1) is 13.0 Å². The Morgan fingerprint density at radius 3 is 2.59 bits per heavy atom. The summed E-state index contributed by atoms with van der Waals surface area (Å²) in [6.45, 7) is 0.131. The van der Waals surface area contributed by atoms with E-state index in [0.29, 0.717) is 0 Å². The van der Waals surface area contributed by atoms with Gasteiger partial charge in [0.1, 0.15) is 12.6 Å². The molecule has 1 aliphatic rings. The summed E-state index contributed by atoms with van der Waals surface area (Å²) in [5.41, 5.74) is 0.821. The number of halogens is 3. The molecule has 2 atom stereocenters. The fourth-order valence-corrected chi connectivity index (χ4v) is 3.01. The molecule has 27 heavy (non-hydrogen) atoms. The maximum Gasteiger partial charge on any atom is 0.404 e. The lowest BCUT2D eigenvalue weighted by Gasteiger charge is -2.38. The number of rotatable bonds is 6. The molecule has 0 aliphatic carbocycles. The minimum atomic E-state index is -4.46. The number of methoxy groups -OCH3 is 1. The summed E-state index contributed by atoms with van der Waals surface area (Å²) in [6.07, 6.45) is -2.05. The molecule has 0 unspecified atom stereocenters. The third-order valence-electron chi connectivity index (χ3n) is 4.44. The molecule has 0 saturated carbocycles. The topological polar surface area (TPSA) is 55.8 Å². The maximum absolute atomic E-state index is 13.3. The molecular weight excluding hydrogens is 363 g/mol. The summed E-state index contributed by atoms with van der Waals surface area (Å²) >= 11 is 0. The van der Waals surface area contributed by atoms with Crippen molar-refractivity contribution < 1.29 is 32.2 Å². The van der Waals surface area contributed by atoms with Crippen LogP contribution in [0.3, 0.4) is 0 Å². The van der Waals surface area contributed by atoms with Crippen molar-refractivity contribution in [2.45, 2.75) is 31.7 Å². The van der Waals surface area contributed by atoms with Gasteiger partial charge in [-0.2, -0.15) is 13.2 Å². The summed E-state index contributed by atoms with van der Waals surface area (Å²) in [5, 5.41) is 0. The minimum Gasteiger partial charge on any atom is -0.469 e. The Kier molecular flexibility index (Phi) is 7.41. The molecule has 1 fully saturated rings. The van der Waals surface area contributed by atoms with Crippen LogP contribution in [0.5, 0.6) is 0 Å². The molecule has 0 radical (unpaired) electrons. The number of esters is 2. The molecular formula is C19H22F3NO4. The molecule has 0 amide bonds. The zero-order valence-electron chi connectivity index (χ0n) is 14.9. The third-order valence-corrected chi connectivity index (χ3v) is 4.44. The molecule has 1 heterocycles. The normalized spacial score (nSPS) is 21.2. The highest BCUT2D eigenvalue weighted by atomic mass is 19.4. The van der Waals surface area contributed by atoms with Gasteiger partial charge in [0.2, 0.25) is 0 Å². The molecule has 1 saturated heterocycles. The molecule has 8 heteroatoms. The number of carbonyl (C=O) groups excluding carboxylic acids is 2. The van der Waals surface area contributed by atoms with Crippen LogP contribution in [0.1, 0.15) is 18.4 Å². The molecule has 148 valence electrons. The number of ether oxygens (including phenoxy) is 2. The smallest absolute Gasteiger partial charge is 0.404 e. The average Bonchev–Trinajstić information content (AvgIpc) is 2.66. The molecule has 0 aromatic heterocycles. The van der Waals surface area contributed by atoms with Gasteiger partial charge in [-0.25, -0.2) is 4.79 Å². The van der Waals surface area contributed by atoms with Gasteiger partial charge in [0.25, 0.3) is 0 Å². The highest BCUT2D eigenvalue weighted by molar-refractivity contribution is 5.81. The third kappa shape index (κ3) is 6.39. The summed E-state index contributed by atoms with van der Waals surface area (Å²) in [6, 6.07) is 7.32. The fraction of sp³-hybridized carbons (Fsp3) is 0.474. The van der Waals surface area contributed by atoms with E-state index in [-0.39, 0.29) is 32.5 Å². The number of piperidine rings is 1. The predicted octanol–water partition coefficient (Wildman–Crippen LogP) is 3.10. The van der Waals surface area contributed by atoms with Gasteiger partial charge in [0, 0.05) is 12.6 Å². The first kappa shape index (κ1) is 21.0. The first-order chi connectivity index (χ1) is 12.8. The largest absolute Gasteiger partial charge is 0.469 e. The first-order valence-electron chi connectivity index (χ1n) is 8.57. The Bertz CT molecular complexity index is 661. The van der Waals surface area contributed by atoms with Gasteiger partial charge < -0.3 is 9.47 Å². The van der Waals surface area contributed by atoms with Crippen molar-refractivity contribution in [3.63, 3.8) is 0 Å². The van der Waals surface area contributed by atoms with E-state index in [1.165, 1.54) is 18.1 Å². The second-order valence-electron chi connectivity index (χ2n) is 6.29. The molecule has 1 aromatic rings. The summed E-state index contributed by atoms with van der Waals surface area (Å²) < 4.78 is 49.6. The van der Waals surface area contributed by atoms with Gasteiger partial charge in [-0.1, -0.05) is 36.4 Å². The van der Waals surface area contributed by atoms with E-state index in [1.54, 1.807) is 12.1 Å². The van der Waals surface area contributed by atoms with E-state index in [1.807, 2.05) is 18.2 Å². The Morgan fingerprint density at radius 2 is 1.96 bits per heavy atom. The van der Waals surface area contributed by atoms with E-state index >= 15 is 0 Å². The molecule has 1 aromatic carbocycles. The van der Waals surface area contributed by atoms with Crippen molar-refractivity contribution in [1.82, 2.24) is 4.90 Å². The van der Waals surface area contributed by atoms with Gasteiger partial charge >= 0.3 is 18.1 Å². The molecule has 1 aliphatic heterocycles. The van der Waals surface area contributed by atoms with E-state index in [0.717, 1.165) is 11.6 Å².